The minimum Gasteiger partial charge on any atom is -0.480 e. The smallest absolute Gasteiger partial charge is 0.326 e. The average molecular weight is 289 g/mol. The van der Waals surface area contributed by atoms with Gasteiger partial charge in [-0.2, -0.15) is 0 Å². The highest BCUT2D eigenvalue weighted by Crippen LogP contribution is 2.23. The molecule has 2 N–H and O–H groups in total. The van der Waals surface area contributed by atoms with E-state index in [9.17, 15) is 9.59 Å². The molecular weight excluding hydrogens is 270 g/mol. The van der Waals surface area contributed by atoms with E-state index in [4.69, 9.17) is 9.52 Å². The molecule has 0 aliphatic rings. The van der Waals surface area contributed by atoms with E-state index in [0.29, 0.717) is 5.58 Å². The summed E-state index contributed by atoms with van der Waals surface area (Å²) in [5, 5.41) is 12.4. The number of nitrogens with one attached hydrogen (secondary N) is 1. The predicted molar refractivity (Wildman–Crippen MR) is 79.4 cm³/mol. The Morgan fingerprint density at radius 1 is 1.14 bits per heavy atom. The Morgan fingerprint density at radius 3 is 2.33 bits per heavy atom. The van der Waals surface area contributed by atoms with E-state index in [2.05, 4.69) is 5.32 Å². The first-order valence-electron chi connectivity index (χ1n) is 6.84. The van der Waals surface area contributed by atoms with E-state index < -0.39 is 17.9 Å². The minimum absolute atomic E-state index is 0.127. The van der Waals surface area contributed by atoms with Crippen molar-refractivity contribution in [2.24, 2.45) is 5.92 Å². The lowest BCUT2D eigenvalue weighted by molar-refractivity contribution is -0.140. The topological polar surface area (TPSA) is 79.5 Å². The highest BCUT2D eigenvalue weighted by molar-refractivity contribution is 5.98. The van der Waals surface area contributed by atoms with Gasteiger partial charge in [0.1, 0.15) is 11.6 Å². The van der Waals surface area contributed by atoms with Crippen molar-refractivity contribution in [1.82, 2.24) is 5.32 Å². The molecule has 0 aliphatic carbocycles. The summed E-state index contributed by atoms with van der Waals surface area (Å²) in [4.78, 5) is 23.3. The Labute approximate surface area is 122 Å². The highest BCUT2D eigenvalue weighted by atomic mass is 16.4. The Bertz CT molecular complexity index is 661. The number of furan rings is 1. The zero-order valence-electron chi connectivity index (χ0n) is 12.6. The summed E-state index contributed by atoms with van der Waals surface area (Å²) in [7, 11) is 0. The third kappa shape index (κ3) is 3.07. The number of carbonyl (C=O) groups is 2. The van der Waals surface area contributed by atoms with E-state index in [0.717, 1.165) is 16.5 Å². The molecule has 1 amide bonds. The number of carbonyl (C=O) groups excluding carboxylic acids is 1. The highest BCUT2D eigenvalue weighted by Gasteiger charge is 2.25. The van der Waals surface area contributed by atoms with Crippen LogP contribution in [0.25, 0.3) is 11.0 Å². The number of rotatable bonds is 4. The van der Waals surface area contributed by atoms with Gasteiger partial charge < -0.3 is 14.8 Å². The largest absolute Gasteiger partial charge is 0.480 e. The molecule has 112 valence electrons. The molecule has 1 aromatic heterocycles. The van der Waals surface area contributed by atoms with Crippen LogP contribution < -0.4 is 5.32 Å². The Hall–Kier alpha value is -2.30. The van der Waals surface area contributed by atoms with Crippen molar-refractivity contribution in [2.45, 2.75) is 33.7 Å². The standard InChI is InChI=1S/C16H19NO4/c1-8(2)14(16(19)20)17-15(18)13-7-11-5-9(3)10(4)6-12(11)21-13/h5-8,14H,1-4H3,(H,17,18)(H,19,20)/t14-/m1/s1. The van der Waals surface area contributed by atoms with Gasteiger partial charge in [-0.15, -0.1) is 0 Å². The number of amides is 1. The zero-order valence-corrected chi connectivity index (χ0v) is 12.6. The second-order valence-electron chi connectivity index (χ2n) is 5.62. The fourth-order valence-corrected chi connectivity index (χ4v) is 2.14. The summed E-state index contributed by atoms with van der Waals surface area (Å²) < 4.78 is 5.52. The van der Waals surface area contributed by atoms with Gasteiger partial charge in [-0.05, 0) is 49.1 Å². The summed E-state index contributed by atoms with van der Waals surface area (Å²) in [5.41, 5.74) is 2.81. The Kier molecular flexibility index (Phi) is 4.02. The van der Waals surface area contributed by atoms with E-state index in [-0.39, 0.29) is 11.7 Å². The van der Waals surface area contributed by atoms with E-state index in [1.165, 1.54) is 0 Å². The molecule has 1 heterocycles. The summed E-state index contributed by atoms with van der Waals surface area (Å²) >= 11 is 0. The van der Waals surface area contributed by atoms with Crippen LogP contribution in [-0.2, 0) is 4.79 Å². The lowest BCUT2D eigenvalue weighted by atomic mass is 10.0. The van der Waals surface area contributed by atoms with Crippen molar-refractivity contribution in [3.05, 3.63) is 35.1 Å². The molecule has 0 saturated carbocycles. The van der Waals surface area contributed by atoms with Crippen LogP contribution in [-0.4, -0.2) is 23.0 Å². The normalized spacial score (nSPS) is 12.6. The maximum atomic E-state index is 12.1. The van der Waals surface area contributed by atoms with Gasteiger partial charge in [-0.25, -0.2) is 4.79 Å². The number of aryl methyl sites for hydroxylation is 2. The summed E-state index contributed by atoms with van der Waals surface area (Å²) in [6.07, 6.45) is 0. The Morgan fingerprint density at radius 2 is 1.76 bits per heavy atom. The van der Waals surface area contributed by atoms with Crippen LogP contribution in [0.15, 0.2) is 22.6 Å². The molecule has 0 aliphatic heterocycles. The third-order valence-corrected chi connectivity index (χ3v) is 3.58. The maximum Gasteiger partial charge on any atom is 0.326 e. The fourth-order valence-electron chi connectivity index (χ4n) is 2.14. The monoisotopic (exact) mass is 289 g/mol. The molecular formula is C16H19NO4. The van der Waals surface area contributed by atoms with Crippen LogP contribution >= 0.6 is 0 Å². The maximum absolute atomic E-state index is 12.1. The van der Waals surface area contributed by atoms with Gasteiger partial charge in [0.25, 0.3) is 5.91 Å². The van der Waals surface area contributed by atoms with Crippen molar-refractivity contribution in [3.8, 4) is 0 Å². The molecule has 2 rings (SSSR count). The van der Waals surface area contributed by atoms with Crippen LogP contribution in [0.3, 0.4) is 0 Å². The first-order chi connectivity index (χ1) is 9.79. The van der Waals surface area contributed by atoms with Gasteiger partial charge in [0.2, 0.25) is 0 Å². The van der Waals surface area contributed by atoms with Crippen molar-refractivity contribution in [1.29, 1.82) is 0 Å². The summed E-state index contributed by atoms with van der Waals surface area (Å²) in [6, 6.07) is 4.52. The van der Waals surface area contributed by atoms with Gasteiger partial charge in [0.15, 0.2) is 5.76 Å². The molecule has 0 fully saturated rings. The molecule has 0 bridgehead atoms. The molecule has 1 aromatic carbocycles. The third-order valence-electron chi connectivity index (χ3n) is 3.58. The predicted octanol–water partition coefficient (Wildman–Crippen LogP) is 2.89. The van der Waals surface area contributed by atoms with Crippen molar-refractivity contribution in [2.75, 3.05) is 0 Å². The molecule has 5 heteroatoms. The van der Waals surface area contributed by atoms with E-state index in [1.54, 1.807) is 19.9 Å². The quantitative estimate of drug-likeness (QED) is 0.907. The van der Waals surface area contributed by atoms with Crippen LogP contribution in [0.2, 0.25) is 0 Å². The SMILES string of the molecule is Cc1cc2cc(C(=O)N[C@@H](C(=O)O)C(C)C)oc2cc1C. The first kappa shape index (κ1) is 15.1. The lowest BCUT2D eigenvalue weighted by Crippen LogP contribution is -2.44. The average Bonchev–Trinajstić information content (AvgIpc) is 2.78. The van der Waals surface area contributed by atoms with Crippen LogP contribution in [0.5, 0.6) is 0 Å². The molecule has 21 heavy (non-hydrogen) atoms. The number of hydrogen-bond donors (Lipinski definition) is 2. The van der Waals surface area contributed by atoms with Gasteiger partial charge in [0, 0.05) is 5.39 Å². The first-order valence-corrected chi connectivity index (χ1v) is 6.84. The number of carboxylic acids is 1. The number of aliphatic carboxylic acids is 1. The molecule has 0 spiro atoms. The molecule has 0 radical (unpaired) electrons. The minimum atomic E-state index is -1.05. The molecule has 2 aromatic rings. The van der Waals surface area contributed by atoms with Crippen LogP contribution in [0.1, 0.15) is 35.5 Å². The second kappa shape index (κ2) is 5.60. The van der Waals surface area contributed by atoms with Crippen molar-refractivity contribution >= 4 is 22.8 Å². The second-order valence-corrected chi connectivity index (χ2v) is 5.62. The fraction of sp³-hybridized carbons (Fsp3) is 0.375. The Balaban J connectivity index is 2.29. The van der Waals surface area contributed by atoms with E-state index in [1.807, 2.05) is 26.0 Å². The molecule has 1 atom stereocenters. The summed E-state index contributed by atoms with van der Waals surface area (Å²) in [6.45, 7) is 7.44. The van der Waals surface area contributed by atoms with Gasteiger partial charge in [0.05, 0.1) is 0 Å². The number of carboxylic acid groups (broad SMARTS) is 1. The van der Waals surface area contributed by atoms with Crippen molar-refractivity contribution < 1.29 is 19.1 Å². The van der Waals surface area contributed by atoms with Gasteiger partial charge in [-0.3, -0.25) is 4.79 Å². The zero-order chi connectivity index (χ0) is 15.7. The van der Waals surface area contributed by atoms with Crippen LogP contribution in [0.4, 0.5) is 0 Å². The number of hydrogen-bond acceptors (Lipinski definition) is 3. The number of benzene rings is 1. The molecule has 5 nitrogen and oxygen atoms in total. The van der Waals surface area contributed by atoms with E-state index >= 15 is 0 Å². The molecule has 0 saturated heterocycles. The van der Waals surface area contributed by atoms with Gasteiger partial charge in [-0.1, -0.05) is 13.8 Å². The molecule has 0 unspecified atom stereocenters. The van der Waals surface area contributed by atoms with Crippen molar-refractivity contribution in [3.63, 3.8) is 0 Å². The summed E-state index contributed by atoms with van der Waals surface area (Å²) in [5.74, 6) is -1.65. The van der Waals surface area contributed by atoms with Crippen LogP contribution in [0, 0.1) is 19.8 Å². The van der Waals surface area contributed by atoms with Gasteiger partial charge >= 0.3 is 5.97 Å². The lowest BCUT2D eigenvalue weighted by Gasteiger charge is -2.16. The number of fused-ring (bicyclic) bond motifs is 1.